The van der Waals surface area contributed by atoms with Crippen LogP contribution in [-0.4, -0.2) is 22.6 Å². The Morgan fingerprint density at radius 1 is 1.42 bits per heavy atom. The van der Waals surface area contributed by atoms with Gasteiger partial charge in [0.1, 0.15) is 0 Å². The zero-order valence-electron chi connectivity index (χ0n) is 10.2. The highest BCUT2D eigenvalue weighted by Gasteiger charge is 2.18. The van der Waals surface area contributed by atoms with Crippen LogP contribution in [0.25, 0.3) is 10.9 Å². The highest BCUT2D eigenvalue weighted by atomic mass is 35.5. The first-order valence-electron chi connectivity index (χ1n) is 6.22. The molecular weight excluding hydrogens is 285 g/mol. The fourth-order valence-electron chi connectivity index (χ4n) is 2.47. The van der Waals surface area contributed by atoms with Crippen molar-refractivity contribution in [3.63, 3.8) is 0 Å². The SMILES string of the molecule is O=c1c2cccc(Cl)c2nc(Cl)n1CC1CCNC1. The predicted molar refractivity (Wildman–Crippen MR) is 77.0 cm³/mol. The average molecular weight is 298 g/mol. The third-order valence-corrected chi connectivity index (χ3v) is 4.09. The van der Waals surface area contributed by atoms with Crippen molar-refractivity contribution in [3.05, 3.63) is 38.9 Å². The van der Waals surface area contributed by atoms with Crippen LogP contribution in [-0.2, 0) is 6.54 Å². The summed E-state index contributed by atoms with van der Waals surface area (Å²) in [7, 11) is 0. The fraction of sp³-hybridized carbons (Fsp3) is 0.385. The second kappa shape index (κ2) is 5.12. The first-order valence-corrected chi connectivity index (χ1v) is 6.97. The Morgan fingerprint density at radius 2 is 2.26 bits per heavy atom. The summed E-state index contributed by atoms with van der Waals surface area (Å²) in [5.74, 6) is 0.425. The van der Waals surface area contributed by atoms with Crippen LogP contribution in [0, 0.1) is 5.92 Å². The van der Waals surface area contributed by atoms with Crippen LogP contribution in [0.4, 0.5) is 0 Å². The summed E-state index contributed by atoms with van der Waals surface area (Å²) in [4.78, 5) is 16.7. The molecule has 1 fully saturated rings. The van der Waals surface area contributed by atoms with Crippen molar-refractivity contribution in [3.8, 4) is 0 Å². The lowest BCUT2D eigenvalue weighted by Crippen LogP contribution is -2.26. The number of halogens is 2. The summed E-state index contributed by atoms with van der Waals surface area (Å²) in [5, 5.41) is 4.45. The normalized spacial score (nSPS) is 19.2. The summed E-state index contributed by atoms with van der Waals surface area (Å²) in [5.41, 5.74) is 0.351. The van der Waals surface area contributed by atoms with Crippen molar-refractivity contribution < 1.29 is 0 Å². The number of hydrogen-bond acceptors (Lipinski definition) is 3. The third-order valence-electron chi connectivity index (χ3n) is 3.49. The maximum absolute atomic E-state index is 12.4. The molecule has 0 aliphatic carbocycles. The molecule has 1 aliphatic heterocycles. The van der Waals surface area contributed by atoms with Gasteiger partial charge in [0.05, 0.1) is 15.9 Å². The van der Waals surface area contributed by atoms with E-state index in [1.807, 2.05) is 0 Å². The first kappa shape index (κ1) is 12.9. The van der Waals surface area contributed by atoms with Gasteiger partial charge in [-0.1, -0.05) is 17.7 Å². The van der Waals surface area contributed by atoms with Gasteiger partial charge in [-0.05, 0) is 49.2 Å². The van der Waals surface area contributed by atoms with Gasteiger partial charge in [0, 0.05) is 6.54 Å². The van der Waals surface area contributed by atoms with Gasteiger partial charge in [-0.25, -0.2) is 4.98 Å². The van der Waals surface area contributed by atoms with E-state index in [1.54, 1.807) is 18.2 Å². The number of rotatable bonds is 2. The largest absolute Gasteiger partial charge is 0.316 e. The van der Waals surface area contributed by atoms with Gasteiger partial charge in [-0.3, -0.25) is 9.36 Å². The summed E-state index contributed by atoms with van der Waals surface area (Å²) in [6.07, 6.45) is 1.05. The molecule has 0 saturated carbocycles. The van der Waals surface area contributed by atoms with E-state index in [1.165, 1.54) is 4.57 Å². The van der Waals surface area contributed by atoms with E-state index >= 15 is 0 Å². The number of benzene rings is 1. The molecule has 2 heterocycles. The molecule has 1 aromatic heterocycles. The highest BCUT2D eigenvalue weighted by molar-refractivity contribution is 6.35. The molecule has 19 heavy (non-hydrogen) atoms. The van der Waals surface area contributed by atoms with Gasteiger partial charge in [0.25, 0.3) is 5.56 Å². The van der Waals surface area contributed by atoms with Gasteiger partial charge in [0.2, 0.25) is 5.28 Å². The quantitative estimate of drug-likeness (QED) is 0.866. The second-order valence-corrected chi connectivity index (χ2v) is 5.54. The molecule has 0 radical (unpaired) electrons. The van der Waals surface area contributed by atoms with Crippen molar-refractivity contribution >= 4 is 34.1 Å². The molecule has 1 aromatic carbocycles. The van der Waals surface area contributed by atoms with E-state index in [-0.39, 0.29) is 10.8 Å². The van der Waals surface area contributed by atoms with Crippen molar-refractivity contribution in [1.82, 2.24) is 14.9 Å². The molecular formula is C13H13Cl2N3O. The predicted octanol–water partition coefficient (Wildman–Crippen LogP) is 2.31. The lowest BCUT2D eigenvalue weighted by atomic mass is 10.1. The molecule has 0 amide bonds. The minimum absolute atomic E-state index is 0.121. The number of fused-ring (bicyclic) bond motifs is 1. The van der Waals surface area contributed by atoms with E-state index in [0.29, 0.717) is 28.4 Å². The van der Waals surface area contributed by atoms with Crippen LogP contribution < -0.4 is 10.9 Å². The number of nitrogens with one attached hydrogen (secondary N) is 1. The minimum Gasteiger partial charge on any atom is -0.316 e. The smallest absolute Gasteiger partial charge is 0.262 e. The Labute approximate surface area is 120 Å². The maximum atomic E-state index is 12.4. The zero-order valence-corrected chi connectivity index (χ0v) is 11.7. The monoisotopic (exact) mass is 297 g/mol. The Bertz CT molecular complexity index is 677. The van der Waals surface area contributed by atoms with Crippen LogP contribution in [0.2, 0.25) is 10.3 Å². The molecule has 6 heteroatoms. The van der Waals surface area contributed by atoms with Gasteiger partial charge >= 0.3 is 0 Å². The maximum Gasteiger partial charge on any atom is 0.262 e. The standard InChI is InChI=1S/C13H13Cl2N3O/c14-10-3-1-2-9-11(10)17-13(15)18(12(9)19)7-8-4-5-16-6-8/h1-3,8,16H,4-7H2. The first-order chi connectivity index (χ1) is 9.16. The molecule has 1 aliphatic rings. The second-order valence-electron chi connectivity index (χ2n) is 4.79. The van der Waals surface area contributed by atoms with Gasteiger partial charge in [-0.2, -0.15) is 0 Å². The lowest BCUT2D eigenvalue weighted by Gasteiger charge is -2.13. The average Bonchev–Trinajstić information content (AvgIpc) is 2.89. The summed E-state index contributed by atoms with van der Waals surface area (Å²) >= 11 is 12.2. The summed E-state index contributed by atoms with van der Waals surface area (Å²) < 4.78 is 1.54. The number of nitrogens with zero attached hydrogens (tertiary/aromatic N) is 2. The fourth-order valence-corrected chi connectivity index (χ4v) is 2.92. The van der Waals surface area contributed by atoms with Crippen molar-refractivity contribution in [2.75, 3.05) is 13.1 Å². The van der Waals surface area contributed by atoms with E-state index in [0.717, 1.165) is 19.5 Å². The minimum atomic E-state index is -0.121. The topological polar surface area (TPSA) is 46.9 Å². The molecule has 100 valence electrons. The molecule has 4 nitrogen and oxygen atoms in total. The highest BCUT2D eigenvalue weighted by Crippen LogP contribution is 2.21. The van der Waals surface area contributed by atoms with Crippen LogP contribution in [0.1, 0.15) is 6.42 Å². The Morgan fingerprint density at radius 3 is 3.00 bits per heavy atom. The molecule has 1 saturated heterocycles. The van der Waals surface area contributed by atoms with Gasteiger partial charge in [0.15, 0.2) is 0 Å². The number of aromatic nitrogens is 2. The molecule has 1 unspecified atom stereocenters. The molecule has 3 rings (SSSR count). The number of hydrogen-bond donors (Lipinski definition) is 1. The lowest BCUT2D eigenvalue weighted by molar-refractivity contribution is 0.470. The van der Waals surface area contributed by atoms with Gasteiger partial charge < -0.3 is 5.32 Å². The van der Waals surface area contributed by atoms with E-state index in [9.17, 15) is 4.79 Å². The van der Waals surface area contributed by atoms with E-state index in [4.69, 9.17) is 23.2 Å². The Hall–Kier alpha value is -1.10. The number of para-hydroxylation sites is 1. The Kier molecular flexibility index (Phi) is 3.48. The molecule has 0 bridgehead atoms. The molecule has 1 atom stereocenters. The Balaban J connectivity index is 2.12. The van der Waals surface area contributed by atoms with Gasteiger partial charge in [-0.15, -0.1) is 0 Å². The van der Waals surface area contributed by atoms with Crippen molar-refractivity contribution in [2.45, 2.75) is 13.0 Å². The van der Waals surface area contributed by atoms with Crippen LogP contribution >= 0.6 is 23.2 Å². The molecule has 0 spiro atoms. The van der Waals surface area contributed by atoms with E-state index < -0.39 is 0 Å². The molecule has 2 aromatic rings. The van der Waals surface area contributed by atoms with Crippen LogP contribution in [0.3, 0.4) is 0 Å². The zero-order chi connectivity index (χ0) is 13.4. The van der Waals surface area contributed by atoms with Crippen molar-refractivity contribution in [2.24, 2.45) is 5.92 Å². The third kappa shape index (κ3) is 2.36. The van der Waals surface area contributed by atoms with Crippen molar-refractivity contribution in [1.29, 1.82) is 0 Å². The van der Waals surface area contributed by atoms with E-state index in [2.05, 4.69) is 10.3 Å². The summed E-state index contributed by atoms with van der Waals surface area (Å²) in [6, 6.07) is 5.19. The van der Waals surface area contributed by atoms with Crippen LogP contribution in [0.5, 0.6) is 0 Å². The van der Waals surface area contributed by atoms with Crippen LogP contribution in [0.15, 0.2) is 23.0 Å². The molecule has 1 N–H and O–H groups in total. The summed E-state index contributed by atoms with van der Waals surface area (Å²) in [6.45, 7) is 2.50.